The minimum atomic E-state index is -1.16. The molecule has 0 aromatic carbocycles. The number of aliphatic hydroxyl groups is 6. The van der Waals surface area contributed by atoms with E-state index < -0.39 is 56.4 Å². The number of aliphatic carboxylic acids is 1. The van der Waals surface area contributed by atoms with E-state index in [4.69, 9.17) is 40.5 Å². The Morgan fingerprint density at radius 3 is 1.13 bits per heavy atom. The first kappa shape index (κ1) is 24.4. The molecule has 140 valence electrons. The van der Waals surface area contributed by atoms with Gasteiger partial charge >= 0.3 is 5.97 Å². The minimum Gasteiger partial charge on any atom is -0.481 e. The van der Waals surface area contributed by atoms with Crippen molar-refractivity contribution in [1.29, 1.82) is 0 Å². The average molecular weight is 342 g/mol. The molecule has 7 N–H and O–H groups in total. The molecule has 0 aromatic heterocycles. The van der Waals surface area contributed by atoms with Crippen molar-refractivity contribution in [3.8, 4) is 0 Å². The smallest absolute Gasteiger partial charge is 0.305 e. The second-order valence-electron chi connectivity index (χ2n) is 5.93. The number of ether oxygens (including phenoxy) is 1. The van der Waals surface area contributed by atoms with Crippen LogP contribution in [0.2, 0.25) is 0 Å². The van der Waals surface area contributed by atoms with E-state index in [-0.39, 0.29) is 19.1 Å². The molecule has 0 fully saturated rings. The van der Waals surface area contributed by atoms with Gasteiger partial charge in [-0.15, -0.1) is 0 Å². The molecule has 0 bridgehead atoms. The lowest BCUT2D eigenvalue weighted by Crippen LogP contribution is -2.43. The van der Waals surface area contributed by atoms with Crippen molar-refractivity contribution < 1.29 is 45.3 Å². The Labute approximate surface area is 135 Å². The van der Waals surface area contributed by atoms with Crippen LogP contribution in [0.25, 0.3) is 0 Å². The predicted molar refractivity (Wildman–Crippen MR) is 80.7 cm³/mol. The Bertz CT molecular complexity index is 262. The van der Waals surface area contributed by atoms with Crippen molar-refractivity contribution in [1.82, 2.24) is 0 Å². The number of hydrogen-bond donors (Lipinski definition) is 7. The van der Waals surface area contributed by atoms with E-state index in [1.807, 2.05) is 0 Å². The highest BCUT2D eigenvalue weighted by molar-refractivity contribution is 5.68. The molecule has 0 atom stereocenters. The lowest BCUT2D eigenvalue weighted by molar-refractivity contribution is -0.140. The van der Waals surface area contributed by atoms with Crippen LogP contribution >= 0.6 is 0 Å². The molecule has 0 amide bonds. The maximum atomic E-state index is 9.70. The number of carbonyl (C=O) groups is 1. The van der Waals surface area contributed by atoms with Gasteiger partial charge in [0.05, 0.1) is 69.6 Å². The van der Waals surface area contributed by atoms with Gasteiger partial charge in [0.25, 0.3) is 0 Å². The molecule has 0 heterocycles. The average Bonchev–Trinajstić information content (AvgIpc) is 2.57. The van der Waals surface area contributed by atoms with E-state index in [9.17, 15) is 4.79 Å². The molecular formula is C14H30O9. The molecule has 0 aliphatic carbocycles. The number of hydrogen-bond acceptors (Lipinski definition) is 8. The summed E-state index contributed by atoms with van der Waals surface area (Å²) in [6, 6.07) is 0. The summed E-state index contributed by atoms with van der Waals surface area (Å²) in [5.41, 5.74) is -2.32. The van der Waals surface area contributed by atoms with Gasteiger partial charge < -0.3 is 40.5 Å². The van der Waals surface area contributed by atoms with Crippen LogP contribution in [-0.4, -0.2) is 94.6 Å². The van der Waals surface area contributed by atoms with Crippen molar-refractivity contribution in [3.63, 3.8) is 0 Å². The molecular weight excluding hydrogens is 312 g/mol. The zero-order valence-corrected chi connectivity index (χ0v) is 13.7. The fraction of sp³-hybridized carbons (Fsp3) is 0.929. The number of carboxylic acids is 1. The van der Waals surface area contributed by atoms with E-state index in [0.29, 0.717) is 0 Å². The Morgan fingerprint density at radius 1 is 0.783 bits per heavy atom. The molecule has 0 saturated heterocycles. The molecule has 0 radical (unpaired) electrons. The van der Waals surface area contributed by atoms with Crippen molar-refractivity contribution in [2.75, 3.05) is 52.9 Å². The lowest BCUT2D eigenvalue weighted by atomic mass is 9.91. The van der Waals surface area contributed by atoms with Crippen LogP contribution in [0.1, 0.15) is 13.8 Å². The first-order valence-corrected chi connectivity index (χ1v) is 7.17. The third kappa shape index (κ3) is 9.16. The molecule has 9 nitrogen and oxygen atoms in total. The first-order chi connectivity index (χ1) is 10.7. The molecule has 0 saturated carbocycles. The highest BCUT2D eigenvalue weighted by Crippen LogP contribution is 2.19. The lowest BCUT2D eigenvalue weighted by Gasteiger charge is -2.31. The van der Waals surface area contributed by atoms with Crippen LogP contribution in [0.15, 0.2) is 0 Å². The molecule has 0 aliphatic heterocycles. The van der Waals surface area contributed by atoms with Crippen molar-refractivity contribution in [3.05, 3.63) is 0 Å². The number of rotatable bonds is 11. The maximum Gasteiger partial charge on any atom is 0.305 e. The van der Waals surface area contributed by atoms with Crippen LogP contribution in [0, 0.1) is 16.7 Å². The Kier molecular flexibility index (Phi) is 13.4. The first-order valence-electron chi connectivity index (χ1n) is 7.17. The van der Waals surface area contributed by atoms with Gasteiger partial charge in [0, 0.05) is 0 Å². The van der Waals surface area contributed by atoms with Crippen molar-refractivity contribution >= 4 is 5.97 Å². The van der Waals surface area contributed by atoms with E-state index in [1.165, 1.54) is 0 Å². The van der Waals surface area contributed by atoms with E-state index in [2.05, 4.69) is 0 Å². The van der Waals surface area contributed by atoms with E-state index in [0.717, 1.165) is 0 Å². The summed E-state index contributed by atoms with van der Waals surface area (Å²) in [6.45, 7) is 0.277. The Morgan fingerprint density at radius 2 is 1.00 bits per heavy atom. The topological polar surface area (TPSA) is 168 Å². The molecule has 0 spiro atoms. The summed E-state index contributed by atoms with van der Waals surface area (Å²) >= 11 is 0. The summed E-state index contributed by atoms with van der Waals surface area (Å²) in [7, 11) is 0. The SMILES string of the molecule is CC(C)C(=O)O.OCC(CO)(CO)COCC(CO)(CO)CO. The van der Waals surface area contributed by atoms with Gasteiger partial charge in [-0.1, -0.05) is 13.8 Å². The molecule has 0 aliphatic rings. The summed E-state index contributed by atoms with van der Waals surface area (Å²) < 4.78 is 5.15. The number of carboxylic acid groups (broad SMARTS) is 1. The monoisotopic (exact) mass is 342 g/mol. The second-order valence-corrected chi connectivity index (χ2v) is 5.93. The van der Waals surface area contributed by atoms with Crippen LogP contribution in [-0.2, 0) is 9.53 Å². The maximum absolute atomic E-state index is 9.70. The summed E-state index contributed by atoms with van der Waals surface area (Å²) in [5.74, 6) is -0.972. The standard InChI is InChI=1S/C10H22O7.C4H8O2/c11-1-9(2-12,3-13)7-17-8-10(4-14,5-15)6-16;1-3(2)4(5)6/h11-16H,1-8H2;3H,1-2H3,(H,5,6). The minimum absolute atomic E-state index is 0.141. The van der Waals surface area contributed by atoms with Crippen LogP contribution in [0.4, 0.5) is 0 Å². The molecule has 0 rings (SSSR count). The van der Waals surface area contributed by atoms with Gasteiger partial charge in [-0.2, -0.15) is 0 Å². The Hall–Kier alpha value is -0.810. The molecule has 9 heteroatoms. The van der Waals surface area contributed by atoms with Crippen LogP contribution in [0.5, 0.6) is 0 Å². The summed E-state index contributed by atoms with van der Waals surface area (Å²) in [5, 5.41) is 62.2. The highest BCUT2D eigenvalue weighted by Gasteiger charge is 2.32. The highest BCUT2D eigenvalue weighted by atomic mass is 16.5. The van der Waals surface area contributed by atoms with Gasteiger partial charge in [0.2, 0.25) is 0 Å². The third-order valence-corrected chi connectivity index (χ3v) is 3.32. The van der Waals surface area contributed by atoms with E-state index >= 15 is 0 Å². The summed E-state index contributed by atoms with van der Waals surface area (Å²) in [4.78, 5) is 9.70. The Balaban J connectivity index is 0. The van der Waals surface area contributed by atoms with E-state index in [1.54, 1.807) is 13.8 Å². The van der Waals surface area contributed by atoms with Crippen LogP contribution in [0.3, 0.4) is 0 Å². The zero-order chi connectivity index (χ0) is 18.5. The second kappa shape index (κ2) is 12.6. The van der Waals surface area contributed by atoms with Crippen LogP contribution < -0.4 is 0 Å². The normalized spacial score (nSPS) is 12.0. The van der Waals surface area contributed by atoms with Gasteiger partial charge in [0.15, 0.2) is 0 Å². The summed E-state index contributed by atoms with van der Waals surface area (Å²) in [6.07, 6.45) is 0. The fourth-order valence-corrected chi connectivity index (χ4v) is 1.06. The van der Waals surface area contributed by atoms with Gasteiger partial charge in [-0.05, 0) is 0 Å². The van der Waals surface area contributed by atoms with Crippen molar-refractivity contribution in [2.45, 2.75) is 13.8 Å². The number of aliphatic hydroxyl groups excluding tert-OH is 6. The predicted octanol–water partition coefficient (Wildman–Crippen LogP) is -2.34. The largest absolute Gasteiger partial charge is 0.481 e. The fourth-order valence-electron chi connectivity index (χ4n) is 1.06. The van der Waals surface area contributed by atoms with Gasteiger partial charge in [0.1, 0.15) is 0 Å². The van der Waals surface area contributed by atoms with Crippen molar-refractivity contribution in [2.24, 2.45) is 16.7 Å². The molecule has 23 heavy (non-hydrogen) atoms. The quantitative estimate of drug-likeness (QED) is 0.217. The van der Waals surface area contributed by atoms with Gasteiger partial charge in [-0.25, -0.2) is 0 Å². The van der Waals surface area contributed by atoms with Gasteiger partial charge in [-0.3, -0.25) is 4.79 Å². The molecule has 0 aromatic rings. The zero-order valence-electron chi connectivity index (χ0n) is 13.7. The molecule has 0 unspecified atom stereocenters. The third-order valence-electron chi connectivity index (χ3n) is 3.32.